The first-order valence-corrected chi connectivity index (χ1v) is 14.6. The number of hydrogen-bond acceptors (Lipinski definition) is 9. The van der Waals surface area contributed by atoms with Crippen LogP contribution in [-0.4, -0.2) is 35.4 Å². The number of H-pyrrole nitrogens is 1. The maximum Gasteiger partial charge on any atom is 0.268 e. The second-order valence-corrected chi connectivity index (χ2v) is 11.8. The summed E-state index contributed by atoms with van der Waals surface area (Å²) in [4.78, 5) is 5.37. The zero-order valence-corrected chi connectivity index (χ0v) is 23.2. The molecular formula is C28H24N6O4S2. The Morgan fingerprint density at radius 2 is 1.88 bits per heavy atom. The normalized spacial score (nSPS) is 11.7. The van der Waals surface area contributed by atoms with Crippen molar-refractivity contribution in [1.82, 2.24) is 20.3 Å². The van der Waals surface area contributed by atoms with Crippen LogP contribution in [0, 0.1) is 13.8 Å². The van der Waals surface area contributed by atoms with Crippen LogP contribution in [-0.2, 0) is 10.0 Å². The van der Waals surface area contributed by atoms with E-state index in [4.69, 9.17) is 14.7 Å². The van der Waals surface area contributed by atoms with Gasteiger partial charge in [0.25, 0.3) is 10.0 Å². The highest BCUT2D eigenvalue weighted by Gasteiger charge is 2.32. The van der Waals surface area contributed by atoms with Gasteiger partial charge in [-0.2, -0.15) is 5.10 Å². The molecule has 6 aromatic rings. The van der Waals surface area contributed by atoms with Gasteiger partial charge in [0, 0.05) is 22.3 Å². The average molecular weight is 573 g/mol. The van der Waals surface area contributed by atoms with Crippen molar-refractivity contribution >= 4 is 27.2 Å². The highest BCUT2D eigenvalue weighted by Crippen LogP contribution is 2.40. The molecule has 10 nitrogen and oxygen atoms in total. The molecule has 0 fully saturated rings. The summed E-state index contributed by atoms with van der Waals surface area (Å²) in [5.74, 6) is 0.523. The molecule has 4 aromatic heterocycles. The summed E-state index contributed by atoms with van der Waals surface area (Å²) < 4.78 is 40.1. The summed E-state index contributed by atoms with van der Waals surface area (Å²) in [6.45, 7) is 3.16. The predicted octanol–water partition coefficient (Wildman–Crippen LogP) is 5.84. The highest BCUT2D eigenvalue weighted by molar-refractivity contribution is 7.93. The average Bonchev–Trinajstić information content (AvgIpc) is 3.79. The lowest BCUT2D eigenvalue weighted by Gasteiger charge is -2.22. The Morgan fingerprint density at radius 3 is 2.58 bits per heavy atom. The number of anilines is 1. The maximum absolute atomic E-state index is 14.1. The molecule has 0 aliphatic heterocycles. The Balaban J connectivity index is 1.53. The molecule has 0 amide bonds. The van der Waals surface area contributed by atoms with Gasteiger partial charge in [-0.15, -0.1) is 11.3 Å². The van der Waals surface area contributed by atoms with Gasteiger partial charge in [-0.25, -0.2) is 17.7 Å². The fourth-order valence-corrected chi connectivity index (χ4v) is 6.69. The van der Waals surface area contributed by atoms with Crippen LogP contribution in [0.15, 0.2) is 92.3 Å². The summed E-state index contributed by atoms with van der Waals surface area (Å²) in [5.41, 5.74) is 11.2. The number of nitrogens with one attached hydrogen (secondary N) is 1. The summed E-state index contributed by atoms with van der Waals surface area (Å²) in [7, 11) is -4.16. The zero-order chi connectivity index (χ0) is 27.9. The van der Waals surface area contributed by atoms with Crippen LogP contribution in [0.2, 0.25) is 0 Å². The van der Waals surface area contributed by atoms with Crippen LogP contribution < -0.4 is 10.0 Å². The second kappa shape index (κ2) is 10.2. The minimum absolute atomic E-state index is 0.0630. The Hall–Kier alpha value is -4.52. The van der Waals surface area contributed by atoms with Crippen molar-refractivity contribution in [2.75, 3.05) is 11.0 Å². The summed E-state index contributed by atoms with van der Waals surface area (Å²) in [6.07, 6.45) is 3.08. The number of nitrogens with zero attached hydrogens (tertiary/aromatic N) is 4. The minimum atomic E-state index is -4.16. The van der Waals surface area contributed by atoms with Crippen molar-refractivity contribution in [3.8, 4) is 44.4 Å². The quantitative estimate of drug-likeness (QED) is 0.216. The highest BCUT2D eigenvalue weighted by atomic mass is 32.2. The molecule has 3 N–H and O–H groups in total. The lowest BCUT2D eigenvalue weighted by molar-refractivity contribution is 0.419. The van der Waals surface area contributed by atoms with Crippen LogP contribution in [0.4, 0.5) is 5.88 Å². The lowest BCUT2D eigenvalue weighted by atomic mass is 9.95. The van der Waals surface area contributed by atoms with E-state index in [1.807, 2.05) is 41.8 Å². The summed E-state index contributed by atoms with van der Waals surface area (Å²) in [5, 5.41) is 13.6. The Kier molecular flexibility index (Phi) is 6.58. The van der Waals surface area contributed by atoms with Crippen molar-refractivity contribution in [3.63, 3.8) is 0 Å². The van der Waals surface area contributed by atoms with Crippen molar-refractivity contribution < 1.29 is 17.4 Å². The fraction of sp³-hybridized carbons (Fsp3) is 0.107. The van der Waals surface area contributed by atoms with Crippen molar-refractivity contribution in [2.24, 2.45) is 5.73 Å². The molecule has 12 heteroatoms. The molecule has 0 aliphatic rings. The van der Waals surface area contributed by atoms with E-state index >= 15 is 0 Å². The number of aromatic nitrogens is 4. The number of rotatable bonds is 8. The molecule has 0 spiro atoms. The van der Waals surface area contributed by atoms with E-state index in [0.717, 1.165) is 20.4 Å². The Morgan fingerprint density at radius 1 is 1.02 bits per heavy atom. The molecule has 6 rings (SSSR count). The SMILES string of the molecule is Cc1noc(N(CN)S(=O)(=O)c2ccccc2-c2ccc(-c3ncco3)cc2-c2cc(-c3cccs3)[nH]n2)c1C. The first kappa shape index (κ1) is 25.7. The maximum atomic E-state index is 14.1. The van der Waals surface area contributed by atoms with Gasteiger partial charge in [0.15, 0.2) is 0 Å². The molecule has 4 heterocycles. The van der Waals surface area contributed by atoms with Crippen LogP contribution in [0.5, 0.6) is 0 Å². The molecule has 0 bridgehead atoms. The van der Waals surface area contributed by atoms with Crippen LogP contribution in [0.25, 0.3) is 44.4 Å². The first-order chi connectivity index (χ1) is 19.4. The molecule has 0 atom stereocenters. The van der Waals surface area contributed by atoms with E-state index in [2.05, 4.69) is 20.3 Å². The van der Waals surface area contributed by atoms with Crippen LogP contribution in [0.3, 0.4) is 0 Å². The minimum Gasteiger partial charge on any atom is -0.445 e. The fourth-order valence-electron chi connectivity index (χ4n) is 4.47. The number of nitrogens with two attached hydrogens (primary N) is 1. The third kappa shape index (κ3) is 4.41. The second-order valence-electron chi connectivity index (χ2n) is 8.97. The van der Waals surface area contributed by atoms with Gasteiger partial charge in [-0.05, 0) is 55.1 Å². The third-order valence-corrected chi connectivity index (χ3v) is 9.32. The van der Waals surface area contributed by atoms with E-state index in [1.54, 1.807) is 55.6 Å². The van der Waals surface area contributed by atoms with Gasteiger partial charge in [-0.3, -0.25) is 5.10 Å². The standard InChI is InChI=1S/C28H24N6O4S2/c1-17-18(2)33-38-28(17)34(16-29)40(35,36)26-8-4-3-6-21(26)20-10-9-19(27-30-11-12-37-27)14-22(20)23-15-24(32-31-23)25-7-5-13-39-25/h3-15H,16,29H2,1-2H3,(H,31,32). The molecular weight excluding hydrogens is 548 g/mol. The first-order valence-electron chi connectivity index (χ1n) is 12.3. The zero-order valence-electron chi connectivity index (χ0n) is 21.5. The summed E-state index contributed by atoms with van der Waals surface area (Å²) >= 11 is 1.59. The molecule has 0 saturated carbocycles. The Bertz CT molecular complexity index is 1890. The molecule has 40 heavy (non-hydrogen) atoms. The molecule has 0 radical (unpaired) electrons. The van der Waals surface area contributed by atoms with E-state index in [1.165, 1.54) is 6.26 Å². The van der Waals surface area contributed by atoms with Gasteiger partial charge in [-0.1, -0.05) is 35.5 Å². The number of hydrogen-bond donors (Lipinski definition) is 2. The Labute approximate surface area is 234 Å². The van der Waals surface area contributed by atoms with Gasteiger partial charge in [0.1, 0.15) is 6.26 Å². The van der Waals surface area contributed by atoms with E-state index in [-0.39, 0.29) is 17.4 Å². The van der Waals surface area contributed by atoms with E-state index < -0.39 is 10.0 Å². The molecule has 0 aliphatic carbocycles. The monoisotopic (exact) mass is 572 g/mol. The number of thiophene rings is 1. The van der Waals surface area contributed by atoms with Crippen LogP contribution in [0.1, 0.15) is 11.3 Å². The smallest absolute Gasteiger partial charge is 0.268 e. The van der Waals surface area contributed by atoms with Crippen molar-refractivity contribution in [3.05, 3.63) is 89.8 Å². The molecule has 202 valence electrons. The number of benzene rings is 2. The summed E-state index contributed by atoms with van der Waals surface area (Å²) in [6, 6.07) is 18.3. The topological polar surface area (TPSA) is 144 Å². The lowest BCUT2D eigenvalue weighted by Crippen LogP contribution is -2.36. The third-order valence-electron chi connectivity index (χ3n) is 6.61. The molecule has 0 saturated heterocycles. The van der Waals surface area contributed by atoms with Gasteiger partial charge in [0.05, 0.1) is 39.7 Å². The predicted molar refractivity (Wildman–Crippen MR) is 153 cm³/mol. The van der Waals surface area contributed by atoms with Gasteiger partial charge in [0.2, 0.25) is 11.8 Å². The molecule has 2 aromatic carbocycles. The number of oxazole rings is 1. The largest absolute Gasteiger partial charge is 0.445 e. The number of aryl methyl sites for hydroxylation is 1. The van der Waals surface area contributed by atoms with Gasteiger partial charge >= 0.3 is 0 Å². The van der Waals surface area contributed by atoms with Crippen molar-refractivity contribution in [1.29, 1.82) is 0 Å². The van der Waals surface area contributed by atoms with Crippen LogP contribution >= 0.6 is 11.3 Å². The van der Waals surface area contributed by atoms with Crippen molar-refractivity contribution in [2.45, 2.75) is 18.7 Å². The van der Waals surface area contributed by atoms with E-state index in [0.29, 0.717) is 39.5 Å². The number of sulfonamides is 1. The van der Waals surface area contributed by atoms with E-state index in [9.17, 15) is 8.42 Å². The van der Waals surface area contributed by atoms with Gasteiger partial charge < -0.3 is 14.7 Å². The number of aromatic amines is 1. The molecule has 0 unspecified atom stereocenters.